The molecule has 4 rings (SSSR count). The number of furan rings is 1. The molecule has 0 atom stereocenters. The molecule has 0 spiro atoms. The Hall–Kier alpha value is -3.36. The lowest BCUT2D eigenvalue weighted by molar-refractivity contribution is -0.138. The smallest absolute Gasteiger partial charge is 0.319 e. The third kappa shape index (κ3) is 7.07. The van der Waals surface area contributed by atoms with Crippen LogP contribution in [0.2, 0.25) is 0 Å². The van der Waals surface area contributed by atoms with Gasteiger partial charge in [0.15, 0.2) is 5.82 Å². The number of carboxylic acids is 1. The Balaban J connectivity index is 1.43. The van der Waals surface area contributed by atoms with Crippen molar-refractivity contribution in [2.24, 2.45) is 0 Å². The molecular weight excluding hydrogens is 462 g/mol. The number of nitrogens with zero attached hydrogens (tertiary/aromatic N) is 3. The van der Waals surface area contributed by atoms with E-state index in [2.05, 4.69) is 46.2 Å². The SMILES string of the molecule is Cc1ccc(Cc2noc(CN(Cc3ccc(SC(C)(C)C(=O)O)cc3)Cc3ccco3)n2)cc1. The van der Waals surface area contributed by atoms with E-state index in [1.165, 1.54) is 17.3 Å². The van der Waals surface area contributed by atoms with Gasteiger partial charge in [-0.15, -0.1) is 11.8 Å². The lowest BCUT2D eigenvalue weighted by atomic mass is 10.1. The quantitative estimate of drug-likeness (QED) is 0.266. The number of benzene rings is 2. The number of carboxylic acid groups (broad SMARTS) is 1. The van der Waals surface area contributed by atoms with Crippen molar-refractivity contribution in [2.45, 2.75) is 56.5 Å². The predicted molar refractivity (Wildman–Crippen MR) is 134 cm³/mol. The monoisotopic (exact) mass is 491 g/mol. The van der Waals surface area contributed by atoms with E-state index >= 15 is 0 Å². The molecule has 0 fully saturated rings. The first-order valence-corrected chi connectivity index (χ1v) is 12.2. The maximum absolute atomic E-state index is 11.4. The molecule has 2 heterocycles. The van der Waals surface area contributed by atoms with E-state index < -0.39 is 10.7 Å². The van der Waals surface area contributed by atoms with Crippen molar-refractivity contribution in [3.63, 3.8) is 0 Å². The van der Waals surface area contributed by atoms with Crippen molar-refractivity contribution in [1.82, 2.24) is 15.0 Å². The number of hydrogen-bond acceptors (Lipinski definition) is 7. The van der Waals surface area contributed by atoms with Gasteiger partial charge in [0.05, 0.1) is 19.4 Å². The van der Waals surface area contributed by atoms with Gasteiger partial charge in [0.25, 0.3) is 0 Å². The summed E-state index contributed by atoms with van der Waals surface area (Å²) in [5.41, 5.74) is 3.45. The van der Waals surface area contributed by atoms with Crippen LogP contribution in [0, 0.1) is 6.92 Å². The molecule has 0 radical (unpaired) electrons. The van der Waals surface area contributed by atoms with Gasteiger partial charge in [-0.3, -0.25) is 9.69 Å². The molecule has 4 aromatic rings. The number of hydrogen-bond donors (Lipinski definition) is 1. The number of rotatable bonds is 11. The van der Waals surface area contributed by atoms with Crippen molar-refractivity contribution >= 4 is 17.7 Å². The number of carbonyl (C=O) groups is 1. The fraction of sp³-hybridized carbons (Fsp3) is 0.296. The number of aliphatic carboxylic acids is 1. The normalized spacial score (nSPS) is 11.8. The summed E-state index contributed by atoms with van der Waals surface area (Å²) >= 11 is 1.33. The van der Waals surface area contributed by atoms with Crippen molar-refractivity contribution in [3.05, 3.63) is 101 Å². The molecule has 0 bridgehead atoms. The van der Waals surface area contributed by atoms with E-state index in [4.69, 9.17) is 8.94 Å². The van der Waals surface area contributed by atoms with Crippen LogP contribution in [0.5, 0.6) is 0 Å². The number of thioether (sulfide) groups is 1. The molecule has 7 nitrogen and oxygen atoms in total. The van der Waals surface area contributed by atoms with E-state index in [0.717, 1.165) is 21.8 Å². The van der Waals surface area contributed by atoms with Crippen LogP contribution in [0.4, 0.5) is 0 Å². The summed E-state index contributed by atoms with van der Waals surface area (Å²) in [6, 6.07) is 20.1. The zero-order valence-electron chi connectivity index (χ0n) is 20.1. The van der Waals surface area contributed by atoms with Gasteiger partial charge in [0.2, 0.25) is 5.89 Å². The minimum atomic E-state index is -0.888. The van der Waals surface area contributed by atoms with Gasteiger partial charge in [-0.05, 0) is 56.2 Å². The highest BCUT2D eigenvalue weighted by Gasteiger charge is 2.28. The molecule has 0 aliphatic rings. The average molecular weight is 492 g/mol. The van der Waals surface area contributed by atoms with Crippen LogP contribution >= 0.6 is 11.8 Å². The molecule has 0 saturated heterocycles. The molecule has 0 aliphatic heterocycles. The summed E-state index contributed by atoms with van der Waals surface area (Å²) in [5.74, 6) is 1.22. The lowest BCUT2D eigenvalue weighted by Crippen LogP contribution is -2.26. The van der Waals surface area contributed by atoms with E-state index in [9.17, 15) is 9.90 Å². The van der Waals surface area contributed by atoms with Gasteiger partial charge >= 0.3 is 5.97 Å². The van der Waals surface area contributed by atoms with Crippen LogP contribution in [0.15, 0.2) is 80.8 Å². The Labute approximate surface area is 209 Å². The van der Waals surface area contributed by atoms with Crippen LogP contribution in [0.1, 0.15) is 48.0 Å². The van der Waals surface area contributed by atoms with Gasteiger partial charge < -0.3 is 14.0 Å². The first kappa shape index (κ1) is 24.8. The van der Waals surface area contributed by atoms with Crippen LogP contribution < -0.4 is 0 Å². The first-order chi connectivity index (χ1) is 16.8. The molecule has 0 unspecified atom stereocenters. The molecule has 1 N–H and O–H groups in total. The molecule has 8 heteroatoms. The van der Waals surface area contributed by atoms with Gasteiger partial charge in [0.1, 0.15) is 10.5 Å². The van der Waals surface area contributed by atoms with Gasteiger partial charge in [-0.1, -0.05) is 47.1 Å². The minimum Gasteiger partial charge on any atom is -0.480 e. The van der Waals surface area contributed by atoms with E-state index in [1.807, 2.05) is 36.4 Å². The van der Waals surface area contributed by atoms with Crippen molar-refractivity contribution < 1.29 is 18.8 Å². The van der Waals surface area contributed by atoms with E-state index in [-0.39, 0.29) is 0 Å². The predicted octanol–water partition coefficient (Wildman–Crippen LogP) is 5.72. The van der Waals surface area contributed by atoms with E-state index in [1.54, 1.807) is 20.1 Å². The summed E-state index contributed by atoms with van der Waals surface area (Å²) < 4.78 is 10.2. The zero-order chi connectivity index (χ0) is 24.8. The fourth-order valence-corrected chi connectivity index (χ4v) is 4.50. The first-order valence-electron chi connectivity index (χ1n) is 11.4. The van der Waals surface area contributed by atoms with Crippen LogP contribution in [-0.2, 0) is 30.8 Å². The van der Waals surface area contributed by atoms with Gasteiger partial charge in [0, 0.05) is 17.9 Å². The standard InChI is InChI=1S/C27H29N3O4S/c1-19-6-8-20(9-7-19)15-24-28-25(34-29-24)18-30(17-22-5-4-14-33-22)16-21-10-12-23(13-11-21)35-27(2,3)26(31)32/h4-14H,15-18H2,1-3H3,(H,31,32). The lowest BCUT2D eigenvalue weighted by Gasteiger charge is -2.20. The van der Waals surface area contributed by atoms with Crippen molar-refractivity contribution in [3.8, 4) is 0 Å². The van der Waals surface area contributed by atoms with Crippen LogP contribution in [-0.4, -0.2) is 30.9 Å². The van der Waals surface area contributed by atoms with Crippen LogP contribution in [0.3, 0.4) is 0 Å². The molecule has 182 valence electrons. The Morgan fingerprint density at radius 2 is 1.71 bits per heavy atom. The second-order valence-electron chi connectivity index (χ2n) is 9.05. The second-order valence-corrected chi connectivity index (χ2v) is 10.7. The van der Waals surface area contributed by atoms with Crippen molar-refractivity contribution in [2.75, 3.05) is 0 Å². The Bertz CT molecular complexity index is 1230. The Morgan fingerprint density at radius 1 is 1.00 bits per heavy atom. The van der Waals surface area contributed by atoms with Crippen LogP contribution in [0.25, 0.3) is 0 Å². The maximum atomic E-state index is 11.4. The maximum Gasteiger partial charge on any atom is 0.319 e. The number of aromatic nitrogens is 2. The molecule has 0 aliphatic carbocycles. The molecule has 2 aromatic carbocycles. The molecule has 35 heavy (non-hydrogen) atoms. The molecule has 2 aromatic heterocycles. The number of aryl methyl sites for hydroxylation is 1. The molecular formula is C27H29N3O4S. The largest absolute Gasteiger partial charge is 0.480 e. The highest BCUT2D eigenvalue weighted by Crippen LogP contribution is 2.32. The topological polar surface area (TPSA) is 92.6 Å². The summed E-state index contributed by atoms with van der Waals surface area (Å²) in [5, 5.41) is 13.5. The second kappa shape index (κ2) is 10.9. The third-order valence-electron chi connectivity index (χ3n) is 5.53. The van der Waals surface area contributed by atoms with Crippen molar-refractivity contribution in [1.29, 1.82) is 0 Å². The highest BCUT2D eigenvalue weighted by molar-refractivity contribution is 8.01. The summed E-state index contributed by atoms with van der Waals surface area (Å²) in [7, 11) is 0. The Morgan fingerprint density at radius 3 is 2.37 bits per heavy atom. The molecule has 0 saturated carbocycles. The highest BCUT2D eigenvalue weighted by atomic mass is 32.2. The average Bonchev–Trinajstić information content (AvgIpc) is 3.48. The summed E-state index contributed by atoms with van der Waals surface area (Å²) in [4.78, 5) is 19.1. The Kier molecular flexibility index (Phi) is 7.73. The molecule has 0 amide bonds. The third-order valence-corrected chi connectivity index (χ3v) is 6.72. The summed E-state index contributed by atoms with van der Waals surface area (Å²) in [6.45, 7) is 7.18. The minimum absolute atomic E-state index is 0.476. The fourth-order valence-electron chi connectivity index (χ4n) is 3.56. The van der Waals surface area contributed by atoms with Gasteiger partial charge in [-0.2, -0.15) is 4.98 Å². The summed E-state index contributed by atoms with van der Waals surface area (Å²) in [6.07, 6.45) is 2.28. The van der Waals surface area contributed by atoms with E-state index in [0.29, 0.717) is 37.8 Å². The zero-order valence-corrected chi connectivity index (χ0v) is 20.9. The van der Waals surface area contributed by atoms with Gasteiger partial charge in [-0.25, -0.2) is 0 Å².